The number of sulfone groups is 1. The van der Waals surface area contributed by atoms with E-state index in [4.69, 9.17) is 0 Å². The summed E-state index contributed by atoms with van der Waals surface area (Å²) in [5.74, 6) is -0.363. The van der Waals surface area contributed by atoms with Crippen molar-refractivity contribution in [3.05, 3.63) is 35.4 Å². The zero-order valence-electron chi connectivity index (χ0n) is 8.40. The van der Waals surface area contributed by atoms with Crippen LogP contribution in [0, 0.1) is 6.92 Å². The van der Waals surface area contributed by atoms with E-state index in [-0.39, 0.29) is 5.78 Å². The number of benzene rings is 1. The zero-order chi connectivity index (χ0) is 11.6. The predicted octanol–water partition coefficient (Wildman–Crippen LogP) is 1.98. The summed E-state index contributed by atoms with van der Waals surface area (Å²) in [6.07, 6.45) is 1.07. The van der Waals surface area contributed by atoms with E-state index >= 15 is 0 Å². The Morgan fingerprint density at radius 3 is 2.13 bits per heavy atom. The first kappa shape index (κ1) is 12.6. The minimum absolute atomic E-state index is 0.363. The number of alkyl halides is 1. The molecule has 0 aromatic heterocycles. The van der Waals surface area contributed by atoms with Gasteiger partial charge in [-0.15, -0.1) is 0 Å². The highest BCUT2D eigenvalue weighted by Crippen LogP contribution is 2.16. The van der Waals surface area contributed by atoms with Gasteiger partial charge >= 0.3 is 0 Å². The molecule has 82 valence electrons. The Bertz CT molecular complexity index is 462. The van der Waals surface area contributed by atoms with Gasteiger partial charge in [-0.1, -0.05) is 52.4 Å². The highest BCUT2D eigenvalue weighted by molar-refractivity contribution is 14.1. The second-order valence-corrected chi connectivity index (χ2v) is 7.60. The molecule has 5 heteroatoms. The van der Waals surface area contributed by atoms with Gasteiger partial charge in [0, 0.05) is 11.8 Å². The van der Waals surface area contributed by atoms with Crippen LogP contribution in [0.1, 0.15) is 15.9 Å². The van der Waals surface area contributed by atoms with Gasteiger partial charge in [0.1, 0.15) is 0 Å². The van der Waals surface area contributed by atoms with Crippen molar-refractivity contribution >= 4 is 38.2 Å². The molecule has 15 heavy (non-hydrogen) atoms. The molecule has 1 rings (SSSR count). The zero-order valence-corrected chi connectivity index (χ0v) is 11.4. The Morgan fingerprint density at radius 2 is 1.73 bits per heavy atom. The second-order valence-electron chi connectivity index (χ2n) is 3.38. The Labute approximate surface area is 103 Å². The lowest BCUT2D eigenvalue weighted by atomic mass is 10.1. The van der Waals surface area contributed by atoms with E-state index in [1.807, 2.05) is 6.92 Å². The monoisotopic (exact) mass is 338 g/mol. The van der Waals surface area contributed by atoms with E-state index in [9.17, 15) is 13.2 Å². The van der Waals surface area contributed by atoms with Crippen LogP contribution in [0.4, 0.5) is 0 Å². The van der Waals surface area contributed by atoms with Crippen molar-refractivity contribution in [3.8, 4) is 0 Å². The normalized spacial score (nSPS) is 13.5. The van der Waals surface area contributed by atoms with Gasteiger partial charge in [-0.05, 0) is 6.92 Å². The van der Waals surface area contributed by atoms with Gasteiger partial charge in [-0.25, -0.2) is 8.42 Å². The summed E-state index contributed by atoms with van der Waals surface area (Å²) >= 11 is 1.65. The van der Waals surface area contributed by atoms with E-state index < -0.39 is 13.1 Å². The average Bonchev–Trinajstić information content (AvgIpc) is 2.15. The molecule has 0 amide bonds. The fourth-order valence-electron chi connectivity index (χ4n) is 1.04. The molecule has 0 saturated carbocycles. The van der Waals surface area contributed by atoms with Gasteiger partial charge < -0.3 is 0 Å². The number of carbonyl (C=O) groups excluding carboxylic acids is 1. The summed E-state index contributed by atoms with van der Waals surface area (Å²) in [6.45, 7) is 1.91. The molecule has 0 bridgehead atoms. The average molecular weight is 338 g/mol. The summed E-state index contributed by atoms with van der Waals surface area (Å²) in [5.41, 5.74) is 1.47. The van der Waals surface area contributed by atoms with E-state index in [0.29, 0.717) is 5.56 Å². The number of ketones is 1. The van der Waals surface area contributed by atoms with Gasteiger partial charge in [-0.3, -0.25) is 4.79 Å². The molecule has 1 aromatic carbocycles. The Morgan fingerprint density at radius 1 is 1.27 bits per heavy atom. The van der Waals surface area contributed by atoms with E-state index in [2.05, 4.69) is 0 Å². The van der Waals surface area contributed by atoms with Crippen LogP contribution < -0.4 is 0 Å². The summed E-state index contributed by atoms with van der Waals surface area (Å²) in [7, 11) is -3.32. The van der Waals surface area contributed by atoms with Crippen LogP contribution >= 0.6 is 22.6 Å². The Kier molecular flexibility index (Phi) is 3.88. The maximum absolute atomic E-state index is 11.7. The first-order valence-corrected chi connectivity index (χ1v) is 7.46. The lowest BCUT2D eigenvalue weighted by molar-refractivity contribution is 0.101. The van der Waals surface area contributed by atoms with Gasteiger partial charge in [0.05, 0.1) is 0 Å². The van der Waals surface area contributed by atoms with Crippen LogP contribution in [0.5, 0.6) is 0 Å². The number of hydrogen-bond donors (Lipinski definition) is 0. The molecule has 0 spiro atoms. The SMILES string of the molecule is Cc1ccc(C(=O)[C@@H](I)S(C)(=O)=O)cc1. The molecule has 0 heterocycles. The van der Waals surface area contributed by atoms with Crippen LogP contribution in [-0.4, -0.2) is 23.7 Å². The standard InChI is InChI=1S/C10H11IO3S/c1-7-3-5-8(6-4-7)9(12)10(11)15(2,13)14/h3-6,10H,1-2H3/t10-/m0/s1. The van der Waals surface area contributed by atoms with Crippen molar-refractivity contribution in [3.63, 3.8) is 0 Å². The van der Waals surface area contributed by atoms with Crippen LogP contribution in [0.2, 0.25) is 0 Å². The highest BCUT2D eigenvalue weighted by Gasteiger charge is 2.26. The van der Waals surface area contributed by atoms with Crippen molar-refractivity contribution in [1.29, 1.82) is 0 Å². The van der Waals surface area contributed by atoms with Crippen molar-refractivity contribution in [2.24, 2.45) is 0 Å². The number of hydrogen-bond acceptors (Lipinski definition) is 3. The van der Waals surface area contributed by atoms with E-state index in [1.54, 1.807) is 46.9 Å². The van der Waals surface area contributed by atoms with Crippen molar-refractivity contribution < 1.29 is 13.2 Å². The van der Waals surface area contributed by atoms with Crippen LogP contribution in [0.15, 0.2) is 24.3 Å². The Balaban J connectivity index is 3.01. The molecule has 1 aromatic rings. The molecule has 0 unspecified atom stereocenters. The molecular weight excluding hydrogens is 327 g/mol. The van der Waals surface area contributed by atoms with Gasteiger partial charge in [0.25, 0.3) is 0 Å². The molecule has 0 radical (unpaired) electrons. The highest BCUT2D eigenvalue weighted by atomic mass is 127. The molecule has 0 aliphatic rings. The summed E-state index contributed by atoms with van der Waals surface area (Å²) in [6, 6.07) is 6.88. The maximum Gasteiger partial charge on any atom is 0.190 e. The lowest BCUT2D eigenvalue weighted by Gasteiger charge is -2.06. The lowest BCUT2D eigenvalue weighted by Crippen LogP contribution is -2.23. The third-order valence-electron chi connectivity index (χ3n) is 1.92. The van der Waals surface area contributed by atoms with Crippen LogP contribution in [0.25, 0.3) is 0 Å². The van der Waals surface area contributed by atoms with Crippen molar-refractivity contribution in [2.75, 3.05) is 6.26 Å². The smallest absolute Gasteiger partial charge is 0.190 e. The number of rotatable bonds is 3. The topological polar surface area (TPSA) is 51.2 Å². The first-order chi connectivity index (χ1) is 6.82. The van der Waals surface area contributed by atoms with E-state index in [1.165, 1.54) is 0 Å². The van der Waals surface area contributed by atoms with Crippen LogP contribution in [0.3, 0.4) is 0 Å². The number of Topliss-reactive ketones (excluding diaryl/α,β-unsaturated/α-hetero) is 1. The molecular formula is C10H11IO3S. The first-order valence-electron chi connectivity index (χ1n) is 4.26. The van der Waals surface area contributed by atoms with Crippen LogP contribution in [-0.2, 0) is 9.84 Å². The minimum Gasteiger partial charge on any atom is -0.292 e. The number of halogens is 1. The third kappa shape index (κ3) is 3.27. The van der Waals surface area contributed by atoms with Crippen molar-refractivity contribution in [2.45, 2.75) is 10.2 Å². The minimum atomic E-state index is -3.32. The predicted molar refractivity (Wildman–Crippen MR) is 68.2 cm³/mol. The quantitative estimate of drug-likeness (QED) is 0.481. The largest absolute Gasteiger partial charge is 0.292 e. The fraction of sp³-hybridized carbons (Fsp3) is 0.300. The van der Waals surface area contributed by atoms with E-state index in [0.717, 1.165) is 11.8 Å². The molecule has 0 aliphatic heterocycles. The maximum atomic E-state index is 11.7. The second kappa shape index (κ2) is 4.61. The van der Waals surface area contributed by atoms with Gasteiger partial charge in [0.15, 0.2) is 18.9 Å². The summed E-state index contributed by atoms with van der Waals surface area (Å²) < 4.78 is 21.4. The van der Waals surface area contributed by atoms with Gasteiger partial charge in [-0.2, -0.15) is 0 Å². The number of aryl methyl sites for hydroxylation is 1. The summed E-state index contributed by atoms with van der Waals surface area (Å²) in [5, 5.41) is 0. The molecule has 1 atom stereocenters. The fourth-order valence-corrected chi connectivity index (χ4v) is 1.93. The number of carbonyl (C=O) groups is 1. The molecule has 0 N–H and O–H groups in total. The molecule has 3 nitrogen and oxygen atoms in total. The third-order valence-corrected chi connectivity index (χ3v) is 6.22. The molecule has 0 aliphatic carbocycles. The molecule has 0 fully saturated rings. The van der Waals surface area contributed by atoms with Crippen molar-refractivity contribution in [1.82, 2.24) is 0 Å². The van der Waals surface area contributed by atoms with Gasteiger partial charge in [0.2, 0.25) is 0 Å². The Hall–Kier alpha value is -0.430. The molecule has 0 saturated heterocycles. The summed E-state index contributed by atoms with van der Waals surface area (Å²) in [4.78, 5) is 11.7.